The Bertz CT molecular complexity index is 1030. The molecule has 2 aromatic carbocycles. The summed E-state index contributed by atoms with van der Waals surface area (Å²) in [6, 6.07) is 16.9. The number of aromatic nitrogens is 2. The van der Waals surface area contributed by atoms with Gasteiger partial charge in [0.15, 0.2) is 0 Å². The van der Waals surface area contributed by atoms with E-state index in [9.17, 15) is 4.79 Å². The summed E-state index contributed by atoms with van der Waals surface area (Å²) < 4.78 is 0. The Morgan fingerprint density at radius 2 is 1.83 bits per heavy atom. The van der Waals surface area contributed by atoms with Crippen LogP contribution in [-0.2, 0) is 0 Å². The average Bonchev–Trinajstić information content (AvgIpc) is 3.46. The fourth-order valence-electron chi connectivity index (χ4n) is 4.26. The molecule has 5 rings (SSSR count). The van der Waals surface area contributed by atoms with Crippen molar-refractivity contribution in [3.8, 4) is 11.3 Å². The van der Waals surface area contributed by atoms with E-state index in [2.05, 4.69) is 57.7 Å². The Hall–Kier alpha value is -3.15. The number of benzene rings is 2. The first-order valence-electron chi connectivity index (χ1n) is 10.4. The highest BCUT2D eigenvalue weighted by atomic mass is 16.2. The molecule has 0 bridgehead atoms. The van der Waals surface area contributed by atoms with E-state index in [0.29, 0.717) is 0 Å². The van der Waals surface area contributed by atoms with Crippen molar-refractivity contribution in [3.63, 3.8) is 0 Å². The minimum atomic E-state index is 0.0696. The van der Waals surface area contributed by atoms with Gasteiger partial charge in [0, 0.05) is 44.0 Å². The maximum atomic E-state index is 12.4. The number of anilines is 1. The van der Waals surface area contributed by atoms with E-state index in [4.69, 9.17) is 4.98 Å². The highest BCUT2D eigenvalue weighted by molar-refractivity contribution is 5.86. The van der Waals surface area contributed by atoms with Gasteiger partial charge in [-0.3, -0.25) is 0 Å². The number of amides is 2. The van der Waals surface area contributed by atoms with Gasteiger partial charge in [0.1, 0.15) is 0 Å². The molecule has 6 heteroatoms. The van der Waals surface area contributed by atoms with Gasteiger partial charge in [-0.15, -0.1) is 0 Å². The van der Waals surface area contributed by atoms with Gasteiger partial charge in [-0.25, -0.2) is 14.8 Å². The van der Waals surface area contributed by atoms with Gasteiger partial charge in [0.25, 0.3) is 0 Å². The van der Waals surface area contributed by atoms with Crippen molar-refractivity contribution in [2.45, 2.75) is 25.3 Å². The maximum absolute atomic E-state index is 12.4. The van der Waals surface area contributed by atoms with E-state index in [1.807, 2.05) is 17.2 Å². The normalized spacial score (nSPS) is 19.1. The summed E-state index contributed by atoms with van der Waals surface area (Å²) >= 11 is 0. The van der Waals surface area contributed by atoms with Gasteiger partial charge in [0.2, 0.25) is 5.95 Å². The SMILES string of the molecule is O=C(N[C@@H]1CCN(c2nccc(-c3ccc4ccccc4c3)n2)C1)N1CCCC1. The van der Waals surface area contributed by atoms with Gasteiger partial charge in [0.05, 0.1) is 5.69 Å². The molecule has 3 aromatic rings. The molecule has 0 aliphatic carbocycles. The predicted molar refractivity (Wildman–Crippen MR) is 115 cm³/mol. The summed E-state index contributed by atoms with van der Waals surface area (Å²) in [4.78, 5) is 25.7. The molecule has 0 spiro atoms. The van der Waals surface area contributed by atoms with Crippen molar-refractivity contribution in [3.05, 3.63) is 54.7 Å². The third kappa shape index (κ3) is 3.75. The molecule has 1 atom stereocenters. The number of nitrogens with zero attached hydrogens (tertiary/aromatic N) is 4. The molecule has 29 heavy (non-hydrogen) atoms. The number of fused-ring (bicyclic) bond motifs is 1. The number of hydrogen-bond donors (Lipinski definition) is 1. The van der Waals surface area contributed by atoms with Crippen molar-refractivity contribution in [1.82, 2.24) is 20.2 Å². The molecule has 1 aromatic heterocycles. The zero-order valence-electron chi connectivity index (χ0n) is 16.4. The highest BCUT2D eigenvalue weighted by Crippen LogP contribution is 2.25. The lowest BCUT2D eigenvalue weighted by Crippen LogP contribution is -2.44. The third-order valence-corrected chi connectivity index (χ3v) is 5.88. The minimum Gasteiger partial charge on any atom is -0.339 e. The van der Waals surface area contributed by atoms with Crippen molar-refractivity contribution in [2.24, 2.45) is 0 Å². The number of hydrogen-bond acceptors (Lipinski definition) is 4. The van der Waals surface area contributed by atoms with E-state index in [0.717, 1.165) is 62.6 Å². The van der Waals surface area contributed by atoms with Crippen LogP contribution >= 0.6 is 0 Å². The molecule has 2 amide bonds. The Morgan fingerprint density at radius 1 is 1.00 bits per heavy atom. The third-order valence-electron chi connectivity index (χ3n) is 5.88. The Balaban J connectivity index is 1.30. The van der Waals surface area contributed by atoms with E-state index in [1.165, 1.54) is 10.8 Å². The first-order valence-corrected chi connectivity index (χ1v) is 10.4. The van der Waals surface area contributed by atoms with Gasteiger partial charge in [-0.05, 0) is 42.2 Å². The quantitative estimate of drug-likeness (QED) is 0.745. The van der Waals surface area contributed by atoms with Crippen LogP contribution in [0.3, 0.4) is 0 Å². The van der Waals surface area contributed by atoms with Gasteiger partial charge < -0.3 is 15.1 Å². The number of rotatable bonds is 3. The van der Waals surface area contributed by atoms with Crippen LogP contribution in [0, 0.1) is 0 Å². The fraction of sp³-hybridized carbons (Fsp3) is 0.348. The van der Waals surface area contributed by atoms with Crippen LogP contribution in [0.25, 0.3) is 22.0 Å². The van der Waals surface area contributed by atoms with Crippen LogP contribution in [0.1, 0.15) is 19.3 Å². The van der Waals surface area contributed by atoms with Gasteiger partial charge in [-0.1, -0.05) is 36.4 Å². The second-order valence-electron chi connectivity index (χ2n) is 7.88. The number of nitrogens with one attached hydrogen (secondary N) is 1. The summed E-state index contributed by atoms with van der Waals surface area (Å²) in [5, 5.41) is 5.61. The maximum Gasteiger partial charge on any atom is 0.317 e. The topological polar surface area (TPSA) is 61.4 Å². The fourth-order valence-corrected chi connectivity index (χ4v) is 4.26. The summed E-state index contributed by atoms with van der Waals surface area (Å²) in [5.41, 5.74) is 2.01. The minimum absolute atomic E-state index is 0.0696. The Morgan fingerprint density at radius 3 is 2.69 bits per heavy atom. The average molecular weight is 387 g/mol. The lowest BCUT2D eigenvalue weighted by Gasteiger charge is -2.21. The summed E-state index contributed by atoms with van der Waals surface area (Å²) in [6.45, 7) is 3.35. The molecule has 6 nitrogen and oxygen atoms in total. The van der Waals surface area contributed by atoms with Crippen LogP contribution in [0.5, 0.6) is 0 Å². The van der Waals surface area contributed by atoms with Crippen LogP contribution in [0.2, 0.25) is 0 Å². The standard InChI is InChI=1S/C23H25N5O/c29-23(27-12-3-4-13-27)25-20-10-14-28(16-20)22-24-11-9-21(26-22)19-8-7-17-5-1-2-6-18(17)15-19/h1-2,5-9,11,15,20H,3-4,10,12-14,16H2,(H,25,29)/t20-/m1/s1. The van der Waals surface area contributed by atoms with Crippen LogP contribution in [0.4, 0.5) is 10.7 Å². The van der Waals surface area contributed by atoms with Crippen molar-refractivity contribution in [2.75, 3.05) is 31.1 Å². The Kier molecular flexibility index (Phi) is 4.76. The lowest BCUT2D eigenvalue weighted by molar-refractivity contribution is 0.205. The first-order chi connectivity index (χ1) is 14.3. The molecule has 2 fully saturated rings. The monoisotopic (exact) mass is 387 g/mol. The Labute approximate surface area is 170 Å². The summed E-state index contributed by atoms with van der Waals surface area (Å²) in [6.07, 6.45) is 4.96. The largest absolute Gasteiger partial charge is 0.339 e. The van der Waals surface area contributed by atoms with Crippen LogP contribution < -0.4 is 10.2 Å². The molecule has 0 unspecified atom stereocenters. The molecular weight excluding hydrogens is 362 g/mol. The van der Waals surface area contributed by atoms with Crippen molar-refractivity contribution >= 4 is 22.8 Å². The zero-order chi connectivity index (χ0) is 19.6. The lowest BCUT2D eigenvalue weighted by atomic mass is 10.1. The molecule has 2 aliphatic heterocycles. The number of likely N-dealkylation sites (tertiary alicyclic amines) is 1. The van der Waals surface area contributed by atoms with E-state index < -0.39 is 0 Å². The molecule has 0 saturated carbocycles. The molecule has 148 valence electrons. The predicted octanol–water partition coefficient (Wildman–Crippen LogP) is 3.68. The molecule has 1 N–H and O–H groups in total. The first kappa shape index (κ1) is 17.9. The van der Waals surface area contributed by atoms with Gasteiger partial charge in [-0.2, -0.15) is 0 Å². The summed E-state index contributed by atoms with van der Waals surface area (Å²) in [7, 11) is 0. The highest BCUT2D eigenvalue weighted by Gasteiger charge is 2.28. The number of urea groups is 1. The van der Waals surface area contributed by atoms with Crippen molar-refractivity contribution in [1.29, 1.82) is 0 Å². The van der Waals surface area contributed by atoms with E-state index >= 15 is 0 Å². The number of carbonyl (C=O) groups is 1. The molecule has 3 heterocycles. The van der Waals surface area contributed by atoms with E-state index in [1.54, 1.807) is 0 Å². The van der Waals surface area contributed by atoms with Crippen LogP contribution in [0.15, 0.2) is 54.7 Å². The molecule has 0 radical (unpaired) electrons. The second-order valence-corrected chi connectivity index (χ2v) is 7.88. The smallest absolute Gasteiger partial charge is 0.317 e. The molecular formula is C23H25N5O. The number of carbonyl (C=O) groups excluding carboxylic acids is 1. The molecule has 2 aliphatic rings. The molecule has 2 saturated heterocycles. The van der Waals surface area contributed by atoms with E-state index in [-0.39, 0.29) is 12.1 Å². The van der Waals surface area contributed by atoms with Crippen LogP contribution in [-0.4, -0.2) is 53.1 Å². The zero-order valence-corrected chi connectivity index (χ0v) is 16.4. The van der Waals surface area contributed by atoms with Gasteiger partial charge >= 0.3 is 6.03 Å². The van der Waals surface area contributed by atoms with Crippen molar-refractivity contribution < 1.29 is 4.79 Å². The summed E-state index contributed by atoms with van der Waals surface area (Å²) in [5.74, 6) is 0.730. The second kappa shape index (κ2) is 7.70.